The lowest BCUT2D eigenvalue weighted by molar-refractivity contribution is -0.136. The van der Waals surface area contributed by atoms with Crippen molar-refractivity contribution < 1.29 is 28.7 Å². The highest BCUT2D eigenvalue weighted by atomic mass is 35.5. The van der Waals surface area contributed by atoms with Crippen molar-refractivity contribution in [1.82, 2.24) is 15.5 Å². The van der Waals surface area contributed by atoms with Crippen LogP contribution >= 0.6 is 11.6 Å². The Kier molecular flexibility index (Phi) is 14.6. The quantitative estimate of drug-likeness (QED) is 0.0700. The second kappa shape index (κ2) is 20.1. The average molecular weight is 795 g/mol. The van der Waals surface area contributed by atoms with E-state index in [-0.39, 0.29) is 42.0 Å². The molecule has 57 heavy (non-hydrogen) atoms. The molecule has 2 aliphatic heterocycles. The molecule has 12 nitrogen and oxygen atoms in total. The Bertz CT molecular complexity index is 1970. The highest BCUT2D eigenvalue weighted by Crippen LogP contribution is 2.30. The van der Waals surface area contributed by atoms with Crippen LogP contribution in [0.25, 0.3) is 0 Å². The molecule has 3 aromatic rings. The molecule has 6 rings (SSSR count). The lowest BCUT2D eigenvalue weighted by Crippen LogP contribution is -2.54. The molecule has 0 spiro atoms. The third kappa shape index (κ3) is 11.1. The second-order valence-corrected chi connectivity index (χ2v) is 15.5. The van der Waals surface area contributed by atoms with Gasteiger partial charge in [-0.3, -0.25) is 34.2 Å². The van der Waals surface area contributed by atoms with Gasteiger partial charge in [0.25, 0.3) is 17.7 Å². The van der Waals surface area contributed by atoms with E-state index in [0.717, 1.165) is 74.3 Å². The highest BCUT2D eigenvalue weighted by Gasteiger charge is 2.44. The minimum atomic E-state index is -0.961. The first-order chi connectivity index (χ1) is 27.7. The number of ether oxygens (including phenoxy) is 1. The van der Waals surface area contributed by atoms with E-state index in [4.69, 9.17) is 21.6 Å². The number of fused-ring (bicyclic) bond motifs is 1. The van der Waals surface area contributed by atoms with Crippen LogP contribution in [0.1, 0.15) is 133 Å². The van der Waals surface area contributed by atoms with Crippen LogP contribution in [0.3, 0.4) is 0 Å². The smallest absolute Gasteiger partial charge is 0.262 e. The van der Waals surface area contributed by atoms with Crippen molar-refractivity contribution in [2.24, 2.45) is 0 Å². The summed E-state index contributed by atoms with van der Waals surface area (Å²) in [6.45, 7) is 1.66. The van der Waals surface area contributed by atoms with E-state index in [1.807, 2.05) is 24.3 Å². The molecule has 3 aromatic carbocycles. The molecule has 4 N–H and O–H groups in total. The van der Waals surface area contributed by atoms with Crippen molar-refractivity contribution in [2.45, 2.75) is 114 Å². The van der Waals surface area contributed by atoms with E-state index >= 15 is 0 Å². The highest BCUT2D eigenvalue weighted by molar-refractivity contribution is 6.31. The maximum atomic E-state index is 13.0. The van der Waals surface area contributed by atoms with Gasteiger partial charge < -0.3 is 20.7 Å². The fourth-order valence-corrected chi connectivity index (χ4v) is 7.93. The third-order valence-electron chi connectivity index (χ3n) is 11.0. The number of hydrogen-bond donors (Lipinski definition) is 4. The molecule has 1 aliphatic carbocycles. The Balaban J connectivity index is 0.761. The van der Waals surface area contributed by atoms with Crippen LogP contribution in [0.2, 0.25) is 5.02 Å². The summed E-state index contributed by atoms with van der Waals surface area (Å²) in [6, 6.07) is 19.1. The summed E-state index contributed by atoms with van der Waals surface area (Å²) >= 11 is 6.13. The topological polar surface area (TPSA) is 170 Å². The van der Waals surface area contributed by atoms with Gasteiger partial charge in [0, 0.05) is 48.6 Å². The number of piperidine rings is 1. The Hall–Kier alpha value is -5.41. The molecule has 3 aliphatic rings. The maximum Gasteiger partial charge on any atom is 0.262 e. The summed E-state index contributed by atoms with van der Waals surface area (Å²) in [5.74, 6) is -1.39. The van der Waals surface area contributed by atoms with Gasteiger partial charge in [0.1, 0.15) is 17.9 Å². The molecule has 2 fully saturated rings. The van der Waals surface area contributed by atoms with Crippen LogP contribution in [0, 0.1) is 11.3 Å². The van der Waals surface area contributed by atoms with Gasteiger partial charge in [0.15, 0.2) is 0 Å². The largest absolute Gasteiger partial charge is 0.490 e. The number of anilines is 2. The van der Waals surface area contributed by atoms with E-state index in [1.54, 1.807) is 36.4 Å². The van der Waals surface area contributed by atoms with Gasteiger partial charge in [-0.25, -0.2) is 0 Å². The minimum Gasteiger partial charge on any atom is -0.490 e. The molecule has 5 amide bonds. The number of rotatable bonds is 19. The number of benzene rings is 3. The lowest BCUT2D eigenvalue weighted by atomic mass is 9.92. The normalized spacial score (nSPS) is 19.1. The monoisotopic (exact) mass is 794 g/mol. The minimum absolute atomic E-state index is 0.0561. The first kappa shape index (κ1) is 41.2. The predicted octanol–water partition coefficient (Wildman–Crippen LogP) is 7.77. The van der Waals surface area contributed by atoms with E-state index in [9.17, 15) is 24.0 Å². The zero-order valence-electron chi connectivity index (χ0n) is 32.2. The molecular weight excluding hydrogens is 744 g/mol. The van der Waals surface area contributed by atoms with Gasteiger partial charge in [-0.2, -0.15) is 5.26 Å². The summed E-state index contributed by atoms with van der Waals surface area (Å²) in [4.78, 5) is 63.6. The molecule has 0 radical (unpaired) electrons. The van der Waals surface area contributed by atoms with Crippen LogP contribution in [-0.2, 0) is 9.59 Å². The number of carbonyl (C=O) groups excluding carboxylic acids is 5. The number of nitriles is 1. The third-order valence-corrected chi connectivity index (χ3v) is 11.3. The van der Waals surface area contributed by atoms with Gasteiger partial charge in [-0.1, -0.05) is 56.5 Å². The van der Waals surface area contributed by atoms with E-state index in [2.05, 4.69) is 27.3 Å². The summed E-state index contributed by atoms with van der Waals surface area (Å²) in [5.41, 5.74) is 3.43. The molecule has 0 bridgehead atoms. The van der Waals surface area contributed by atoms with E-state index in [0.29, 0.717) is 21.9 Å². The molecule has 2 heterocycles. The number of nitrogens with one attached hydrogen (secondary N) is 4. The summed E-state index contributed by atoms with van der Waals surface area (Å²) in [7, 11) is 0. The van der Waals surface area contributed by atoms with Crippen molar-refractivity contribution in [3.63, 3.8) is 0 Å². The predicted molar refractivity (Wildman–Crippen MR) is 218 cm³/mol. The number of unbranched alkanes of at least 4 members (excludes halogenated alkanes) is 8. The van der Waals surface area contributed by atoms with Crippen LogP contribution in [0.5, 0.6) is 5.75 Å². The fraction of sp³-hybridized carbons (Fsp3) is 0.455. The Labute approximate surface area is 339 Å². The molecule has 300 valence electrons. The molecular formula is C44H51ClN6O6. The summed E-state index contributed by atoms with van der Waals surface area (Å²) < 4.78 is 6.07. The van der Waals surface area contributed by atoms with Gasteiger partial charge >= 0.3 is 0 Å². The van der Waals surface area contributed by atoms with Crippen molar-refractivity contribution in [3.05, 3.63) is 87.9 Å². The number of nitrogens with zero attached hydrogens (tertiary/aromatic N) is 2. The van der Waals surface area contributed by atoms with Gasteiger partial charge in [0.2, 0.25) is 11.8 Å². The van der Waals surface area contributed by atoms with Crippen molar-refractivity contribution in [3.8, 4) is 11.8 Å². The number of imide groups is 2. The number of carbonyl (C=O) groups is 5. The van der Waals surface area contributed by atoms with E-state index < -0.39 is 29.7 Å². The van der Waals surface area contributed by atoms with Crippen LogP contribution in [0.15, 0.2) is 60.7 Å². The molecule has 1 unspecified atom stereocenters. The second-order valence-electron chi connectivity index (χ2n) is 15.1. The fourth-order valence-electron chi connectivity index (χ4n) is 7.72. The molecule has 1 saturated carbocycles. The first-order valence-electron chi connectivity index (χ1n) is 20.3. The van der Waals surface area contributed by atoms with E-state index in [1.165, 1.54) is 38.5 Å². The molecule has 1 atom stereocenters. The molecule has 13 heteroatoms. The Morgan fingerprint density at radius 2 is 1.37 bits per heavy atom. The SMILES string of the molecule is N#Cc1ccc(O[C@H]2CC[C@H](NC(=O)c3ccc(NCCCCCCCCCCCNc4ccc5c(c4)C(=O)N(C4CCC(=O)NC4=O)C5=O)cc3)CC2)cc1Cl. The lowest BCUT2D eigenvalue weighted by Gasteiger charge is -2.29. The number of halogens is 1. The Morgan fingerprint density at radius 1 is 0.754 bits per heavy atom. The summed E-state index contributed by atoms with van der Waals surface area (Å²) in [5, 5.41) is 21.7. The van der Waals surface area contributed by atoms with Crippen molar-refractivity contribution >= 4 is 52.5 Å². The first-order valence-corrected chi connectivity index (χ1v) is 20.7. The molecule has 0 aromatic heterocycles. The number of amides is 5. The van der Waals surface area contributed by atoms with Crippen LogP contribution in [0.4, 0.5) is 11.4 Å². The van der Waals surface area contributed by atoms with Crippen molar-refractivity contribution in [2.75, 3.05) is 23.7 Å². The standard InChI is InChI=1S/C44H51ClN6O6/c45-38-27-35(18-12-30(38)28-46)57-34-19-15-32(16-20-34)49-41(53)29-10-13-31(14-11-29)47-24-8-6-4-2-1-3-5-7-9-25-48-33-17-21-36-37(26-33)44(56)51(43(36)55)39-22-23-40(52)50-42(39)54/h10-14,17-18,21,26-27,32,34,39,47-48H,1-9,15-16,19-20,22-25H2,(H,49,53)(H,50,52,54)/t32-,34-,39?. The average Bonchev–Trinajstić information content (AvgIpc) is 3.45. The van der Waals surface area contributed by atoms with Crippen LogP contribution in [-0.4, -0.2) is 65.7 Å². The number of hydrogen-bond acceptors (Lipinski definition) is 9. The summed E-state index contributed by atoms with van der Waals surface area (Å²) in [6.07, 6.45) is 14.0. The van der Waals surface area contributed by atoms with Gasteiger partial charge in [0.05, 0.1) is 27.8 Å². The van der Waals surface area contributed by atoms with Gasteiger partial charge in [-0.15, -0.1) is 0 Å². The van der Waals surface area contributed by atoms with Crippen molar-refractivity contribution in [1.29, 1.82) is 5.26 Å². The zero-order valence-corrected chi connectivity index (χ0v) is 33.0. The van der Waals surface area contributed by atoms with Gasteiger partial charge in [-0.05, 0) is 99.5 Å². The Morgan fingerprint density at radius 3 is 2.00 bits per heavy atom. The molecule has 1 saturated heterocycles. The zero-order chi connectivity index (χ0) is 40.1. The van der Waals surface area contributed by atoms with Crippen LogP contribution < -0.4 is 26.0 Å². The maximum absolute atomic E-state index is 13.0.